The lowest BCUT2D eigenvalue weighted by molar-refractivity contribution is 0.0939. The van der Waals surface area contributed by atoms with Gasteiger partial charge >= 0.3 is 0 Å². The van der Waals surface area contributed by atoms with Crippen molar-refractivity contribution in [2.75, 3.05) is 56.2 Å². The second-order valence-electron chi connectivity index (χ2n) is 7.22. The molecule has 7 heteroatoms. The average Bonchev–Trinajstić information content (AvgIpc) is 2.60. The Morgan fingerprint density at radius 1 is 1.20 bits per heavy atom. The molecule has 3 rings (SSSR count). The fraction of sp³-hybridized carbons (Fsp3) is 0.722. The zero-order chi connectivity index (χ0) is 17.8. The molecule has 1 fully saturated rings. The molecule has 3 heterocycles. The molecule has 1 N–H and O–H groups in total. The highest BCUT2D eigenvalue weighted by Gasteiger charge is 2.28. The molecule has 2 aliphatic heterocycles. The van der Waals surface area contributed by atoms with Crippen molar-refractivity contribution >= 4 is 23.5 Å². The van der Waals surface area contributed by atoms with E-state index in [2.05, 4.69) is 40.2 Å². The van der Waals surface area contributed by atoms with Gasteiger partial charge in [0.05, 0.1) is 0 Å². The maximum Gasteiger partial charge on any atom is 0.270 e. The van der Waals surface area contributed by atoms with Crippen molar-refractivity contribution in [2.24, 2.45) is 5.92 Å². The van der Waals surface area contributed by atoms with Crippen LogP contribution in [0.15, 0.2) is 0 Å². The summed E-state index contributed by atoms with van der Waals surface area (Å²) in [6.45, 7) is 10.2. The Bertz CT molecular complexity index is 614. The number of hydrogen-bond donors (Lipinski definition) is 1. The highest BCUT2D eigenvalue weighted by atomic mass is 32.2. The summed E-state index contributed by atoms with van der Waals surface area (Å²) >= 11 is 1.90. The number of aromatic nitrogens is 2. The van der Waals surface area contributed by atoms with Crippen molar-refractivity contribution in [3.63, 3.8) is 0 Å². The second-order valence-corrected chi connectivity index (χ2v) is 8.20. The van der Waals surface area contributed by atoms with Gasteiger partial charge in [-0.25, -0.2) is 9.97 Å². The van der Waals surface area contributed by atoms with E-state index >= 15 is 0 Å². The summed E-state index contributed by atoms with van der Waals surface area (Å²) in [4.78, 5) is 26.6. The van der Waals surface area contributed by atoms with E-state index in [1.54, 1.807) is 0 Å². The fourth-order valence-electron chi connectivity index (χ4n) is 3.44. The minimum Gasteiger partial charge on any atom is -0.354 e. The first-order valence-electron chi connectivity index (χ1n) is 9.22. The summed E-state index contributed by atoms with van der Waals surface area (Å²) in [5, 5.41) is 2.92. The monoisotopic (exact) mass is 363 g/mol. The van der Waals surface area contributed by atoms with Gasteiger partial charge in [-0.15, -0.1) is 0 Å². The van der Waals surface area contributed by atoms with Crippen molar-refractivity contribution in [1.82, 2.24) is 20.2 Å². The van der Waals surface area contributed by atoms with Gasteiger partial charge in [-0.3, -0.25) is 9.69 Å². The molecule has 1 aromatic heterocycles. The minimum absolute atomic E-state index is 0.0477. The molecular weight excluding hydrogens is 334 g/mol. The number of fused-ring (bicyclic) bond motifs is 1. The molecule has 0 spiro atoms. The van der Waals surface area contributed by atoms with E-state index in [0.29, 0.717) is 18.2 Å². The SMILES string of the molecule is CSCCN1CCN(c2nc(CC(C)C)nc3c2CCNC3=O)CC1. The van der Waals surface area contributed by atoms with Crippen LogP contribution in [0, 0.1) is 5.92 Å². The number of rotatable bonds is 6. The summed E-state index contributed by atoms with van der Waals surface area (Å²) in [6.07, 6.45) is 3.79. The number of amides is 1. The van der Waals surface area contributed by atoms with Crippen molar-refractivity contribution in [2.45, 2.75) is 26.7 Å². The highest BCUT2D eigenvalue weighted by Crippen LogP contribution is 2.25. The molecule has 0 aliphatic carbocycles. The molecule has 25 heavy (non-hydrogen) atoms. The van der Waals surface area contributed by atoms with Crippen LogP contribution < -0.4 is 10.2 Å². The molecule has 0 aromatic carbocycles. The summed E-state index contributed by atoms with van der Waals surface area (Å²) < 4.78 is 0. The van der Waals surface area contributed by atoms with Crippen molar-refractivity contribution in [3.8, 4) is 0 Å². The molecule has 1 amide bonds. The van der Waals surface area contributed by atoms with Crippen molar-refractivity contribution in [1.29, 1.82) is 0 Å². The van der Waals surface area contributed by atoms with Crippen LogP contribution >= 0.6 is 11.8 Å². The second kappa shape index (κ2) is 8.36. The van der Waals surface area contributed by atoms with Crippen LogP contribution in [0.4, 0.5) is 5.82 Å². The molecule has 0 saturated carbocycles. The summed E-state index contributed by atoms with van der Waals surface area (Å²) in [5.41, 5.74) is 1.63. The lowest BCUT2D eigenvalue weighted by atomic mass is 10.0. The van der Waals surface area contributed by atoms with Crippen LogP contribution in [-0.4, -0.2) is 72.1 Å². The largest absolute Gasteiger partial charge is 0.354 e. The average molecular weight is 364 g/mol. The molecule has 138 valence electrons. The molecule has 1 aromatic rings. The Hall–Kier alpha value is -1.34. The first-order valence-corrected chi connectivity index (χ1v) is 10.6. The van der Waals surface area contributed by atoms with Crippen LogP contribution in [0.1, 0.15) is 35.7 Å². The predicted molar refractivity (Wildman–Crippen MR) is 104 cm³/mol. The number of carbonyl (C=O) groups excluding carboxylic acids is 1. The van der Waals surface area contributed by atoms with Crippen molar-refractivity contribution < 1.29 is 4.79 Å². The van der Waals surface area contributed by atoms with Gasteiger partial charge in [0.2, 0.25) is 0 Å². The molecule has 0 radical (unpaired) electrons. The van der Waals surface area contributed by atoms with Crippen LogP contribution in [0.5, 0.6) is 0 Å². The maximum absolute atomic E-state index is 12.3. The Morgan fingerprint density at radius 2 is 1.96 bits per heavy atom. The van der Waals surface area contributed by atoms with E-state index in [9.17, 15) is 4.79 Å². The fourth-order valence-corrected chi connectivity index (χ4v) is 3.88. The third kappa shape index (κ3) is 4.44. The summed E-state index contributed by atoms with van der Waals surface area (Å²) in [7, 11) is 0. The Labute approximate surface area is 154 Å². The number of piperazine rings is 1. The third-order valence-corrected chi connectivity index (χ3v) is 5.37. The topological polar surface area (TPSA) is 61.4 Å². The predicted octanol–water partition coefficient (Wildman–Crippen LogP) is 1.45. The zero-order valence-corrected chi connectivity index (χ0v) is 16.4. The minimum atomic E-state index is -0.0477. The first-order chi connectivity index (χ1) is 12.1. The number of nitrogens with zero attached hydrogens (tertiary/aromatic N) is 4. The van der Waals surface area contributed by atoms with E-state index in [1.165, 1.54) is 5.75 Å². The quantitative estimate of drug-likeness (QED) is 0.825. The highest BCUT2D eigenvalue weighted by molar-refractivity contribution is 7.98. The van der Waals surface area contributed by atoms with Gasteiger partial charge in [-0.1, -0.05) is 13.8 Å². The van der Waals surface area contributed by atoms with Crippen LogP contribution in [0.2, 0.25) is 0 Å². The van der Waals surface area contributed by atoms with Gasteiger partial charge in [0, 0.05) is 57.0 Å². The molecule has 0 atom stereocenters. The van der Waals surface area contributed by atoms with Crippen molar-refractivity contribution in [3.05, 3.63) is 17.1 Å². The number of nitrogens with one attached hydrogen (secondary N) is 1. The van der Waals surface area contributed by atoms with Crippen LogP contribution in [0.25, 0.3) is 0 Å². The molecule has 2 aliphatic rings. The number of thioether (sulfide) groups is 1. The Morgan fingerprint density at radius 3 is 2.64 bits per heavy atom. The van der Waals surface area contributed by atoms with Gasteiger partial charge in [0.25, 0.3) is 5.91 Å². The van der Waals surface area contributed by atoms with Gasteiger partial charge in [-0.2, -0.15) is 11.8 Å². The summed E-state index contributed by atoms with van der Waals surface area (Å²) in [6, 6.07) is 0. The molecule has 6 nitrogen and oxygen atoms in total. The van der Waals surface area contributed by atoms with Gasteiger partial charge in [-0.05, 0) is 18.6 Å². The lowest BCUT2D eigenvalue weighted by Gasteiger charge is -2.37. The van der Waals surface area contributed by atoms with E-state index in [0.717, 1.165) is 62.8 Å². The maximum atomic E-state index is 12.3. The van der Waals surface area contributed by atoms with Gasteiger partial charge in [0.1, 0.15) is 17.3 Å². The zero-order valence-electron chi connectivity index (χ0n) is 15.5. The van der Waals surface area contributed by atoms with Crippen LogP contribution in [0.3, 0.4) is 0 Å². The number of anilines is 1. The molecule has 1 saturated heterocycles. The van der Waals surface area contributed by atoms with Gasteiger partial charge < -0.3 is 10.2 Å². The van der Waals surface area contributed by atoms with E-state index in [-0.39, 0.29) is 5.91 Å². The summed E-state index contributed by atoms with van der Waals surface area (Å²) in [5.74, 6) is 3.40. The van der Waals surface area contributed by atoms with Gasteiger partial charge in [0.15, 0.2) is 0 Å². The lowest BCUT2D eigenvalue weighted by Crippen LogP contribution is -2.48. The smallest absolute Gasteiger partial charge is 0.270 e. The Kier molecular flexibility index (Phi) is 6.17. The Balaban J connectivity index is 1.82. The first kappa shape index (κ1) is 18.5. The molecule has 0 bridgehead atoms. The normalized spacial score (nSPS) is 18.4. The number of carbonyl (C=O) groups is 1. The van der Waals surface area contributed by atoms with Crippen LogP contribution in [-0.2, 0) is 12.8 Å². The molecular formula is C18H29N5OS. The standard InChI is InChI=1S/C18H29N5OS/c1-13(2)12-15-20-16-14(4-5-19-18(16)24)17(21-15)23-8-6-22(7-9-23)10-11-25-3/h13H,4-12H2,1-3H3,(H,19,24). The van der Waals surface area contributed by atoms with E-state index < -0.39 is 0 Å². The van der Waals surface area contributed by atoms with E-state index in [1.807, 2.05) is 11.8 Å². The molecule has 0 unspecified atom stereocenters. The third-order valence-electron chi connectivity index (χ3n) is 4.78. The number of hydrogen-bond acceptors (Lipinski definition) is 6. The van der Waals surface area contributed by atoms with E-state index in [4.69, 9.17) is 4.98 Å².